The minimum Gasteiger partial charge on any atom is -0.479 e. The molecule has 0 aromatic carbocycles. The molecule has 3 heteroatoms. The third-order valence-corrected chi connectivity index (χ3v) is 1.56. The van der Waals surface area contributed by atoms with Gasteiger partial charge in [0.1, 0.15) is 0 Å². The van der Waals surface area contributed by atoms with Crippen LogP contribution in [-0.4, -0.2) is 16.6 Å². The Hall–Kier alpha value is -1.51. The van der Waals surface area contributed by atoms with E-state index in [9.17, 15) is 4.79 Å². The van der Waals surface area contributed by atoms with Gasteiger partial charge in [0.05, 0.1) is 0 Å². The highest BCUT2D eigenvalue weighted by atomic mass is 16.4. The molecule has 1 aliphatic heterocycles. The predicted octanol–water partition coefficient (Wildman–Crippen LogP) is 0.669. The minimum atomic E-state index is -1.12. The standard InChI is InChI=1S/C8H9NO2/c1-2-8(7(10)11)5-3-4-6-9-8/h2-6,9H,1H2,(H,10,11). The molecule has 1 atom stereocenters. The van der Waals surface area contributed by atoms with Gasteiger partial charge in [0.25, 0.3) is 0 Å². The van der Waals surface area contributed by atoms with E-state index in [0.29, 0.717) is 0 Å². The molecule has 58 valence electrons. The van der Waals surface area contributed by atoms with Gasteiger partial charge in [0.15, 0.2) is 5.54 Å². The number of dihydropyridines is 1. The molecule has 3 nitrogen and oxygen atoms in total. The summed E-state index contributed by atoms with van der Waals surface area (Å²) in [5, 5.41) is 11.5. The fourth-order valence-corrected chi connectivity index (χ4v) is 0.844. The maximum atomic E-state index is 10.7. The molecule has 0 aromatic rings. The lowest BCUT2D eigenvalue weighted by Crippen LogP contribution is -2.46. The van der Waals surface area contributed by atoms with E-state index in [1.807, 2.05) is 0 Å². The highest BCUT2D eigenvalue weighted by Crippen LogP contribution is 2.11. The van der Waals surface area contributed by atoms with E-state index in [4.69, 9.17) is 5.11 Å². The molecular weight excluding hydrogens is 142 g/mol. The van der Waals surface area contributed by atoms with Crippen LogP contribution in [0, 0.1) is 0 Å². The normalized spacial score (nSPS) is 27.6. The minimum absolute atomic E-state index is 0.951. The van der Waals surface area contributed by atoms with E-state index in [2.05, 4.69) is 11.9 Å². The molecule has 1 aliphatic rings. The fourth-order valence-electron chi connectivity index (χ4n) is 0.844. The number of hydrogen-bond donors (Lipinski definition) is 2. The zero-order valence-electron chi connectivity index (χ0n) is 5.95. The number of allylic oxidation sites excluding steroid dienone is 2. The molecule has 1 heterocycles. The van der Waals surface area contributed by atoms with Gasteiger partial charge in [-0.1, -0.05) is 18.7 Å². The molecule has 1 unspecified atom stereocenters. The molecule has 0 radical (unpaired) electrons. The summed E-state index contributed by atoms with van der Waals surface area (Å²) in [6.45, 7) is 3.45. The Labute approximate surface area is 64.7 Å². The first-order chi connectivity index (χ1) is 5.21. The first kappa shape index (κ1) is 7.60. The number of rotatable bonds is 2. The molecule has 2 N–H and O–H groups in total. The van der Waals surface area contributed by atoms with Gasteiger partial charge in [-0.2, -0.15) is 0 Å². The van der Waals surface area contributed by atoms with Crippen molar-refractivity contribution in [3.05, 3.63) is 37.1 Å². The Morgan fingerprint density at radius 1 is 1.64 bits per heavy atom. The zero-order valence-corrected chi connectivity index (χ0v) is 5.95. The monoisotopic (exact) mass is 151 g/mol. The highest BCUT2D eigenvalue weighted by Gasteiger charge is 2.31. The van der Waals surface area contributed by atoms with Crippen molar-refractivity contribution in [2.75, 3.05) is 0 Å². The predicted molar refractivity (Wildman–Crippen MR) is 42.0 cm³/mol. The number of carboxylic acids is 1. The quantitative estimate of drug-likeness (QED) is 0.570. The van der Waals surface area contributed by atoms with Crippen molar-refractivity contribution in [3.8, 4) is 0 Å². The van der Waals surface area contributed by atoms with E-state index in [0.717, 1.165) is 0 Å². The van der Waals surface area contributed by atoms with E-state index >= 15 is 0 Å². The van der Waals surface area contributed by atoms with Crippen molar-refractivity contribution >= 4 is 5.97 Å². The van der Waals surface area contributed by atoms with Crippen LogP contribution in [0.25, 0.3) is 0 Å². The van der Waals surface area contributed by atoms with Crippen LogP contribution in [0.5, 0.6) is 0 Å². The number of carboxylic acid groups (broad SMARTS) is 1. The molecule has 0 aromatic heterocycles. The maximum Gasteiger partial charge on any atom is 0.337 e. The summed E-state index contributed by atoms with van der Waals surface area (Å²) in [6, 6.07) is 0. The summed E-state index contributed by atoms with van der Waals surface area (Å²) < 4.78 is 0. The van der Waals surface area contributed by atoms with Crippen LogP contribution < -0.4 is 5.32 Å². The van der Waals surface area contributed by atoms with Crippen LogP contribution in [0.15, 0.2) is 37.1 Å². The van der Waals surface area contributed by atoms with Crippen LogP contribution in [0.1, 0.15) is 0 Å². The lowest BCUT2D eigenvalue weighted by molar-refractivity contribution is -0.140. The number of hydrogen-bond acceptors (Lipinski definition) is 2. The van der Waals surface area contributed by atoms with Crippen molar-refractivity contribution in [3.63, 3.8) is 0 Å². The highest BCUT2D eigenvalue weighted by molar-refractivity contribution is 5.84. The second-order valence-electron chi connectivity index (χ2n) is 2.24. The molecule has 0 aliphatic carbocycles. The van der Waals surface area contributed by atoms with E-state index < -0.39 is 11.5 Å². The van der Waals surface area contributed by atoms with Crippen LogP contribution in [-0.2, 0) is 4.79 Å². The first-order valence-corrected chi connectivity index (χ1v) is 3.20. The first-order valence-electron chi connectivity index (χ1n) is 3.20. The smallest absolute Gasteiger partial charge is 0.337 e. The Balaban J connectivity index is 2.94. The topological polar surface area (TPSA) is 49.3 Å². The zero-order chi connectivity index (χ0) is 8.32. The fraction of sp³-hybridized carbons (Fsp3) is 0.125. The summed E-state index contributed by atoms with van der Waals surface area (Å²) in [5.41, 5.74) is -1.12. The molecule has 0 spiro atoms. The van der Waals surface area contributed by atoms with Crippen molar-refractivity contribution < 1.29 is 9.90 Å². The summed E-state index contributed by atoms with van der Waals surface area (Å²) in [5.74, 6) is -0.951. The van der Waals surface area contributed by atoms with Gasteiger partial charge in [-0.25, -0.2) is 4.79 Å². The maximum absolute atomic E-state index is 10.7. The van der Waals surface area contributed by atoms with Gasteiger partial charge in [0.2, 0.25) is 0 Å². The molecule has 0 saturated carbocycles. The Morgan fingerprint density at radius 2 is 2.36 bits per heavy atom. The lowest BCUT2D eigenvalue weighted by Gasteiger charge is -2.23. The number of carbonyl (C=O) groups is 1. The number of aliphatic carboxylic acids is 1. The van der Waals surface area contributed by atoms with Crippen LogP contribution in [0.4, 0.5) is 0 Å². The van der Waals surface area contributed by atoms with Gasteiger partial charge < -0.3 is 10.4 Å². The third kappa shape index (κ3) is 1.17. The van der Waals surface area contributed by atoms with Crippen LogP contribution in [0.3, 0.4) is 0 Å². The van der Waals surface area contributed by atoms with Gasteiger partial charge in [-0.15, -0.1) is 0 Å². The summed E-state index contributed by atoms with van der Waals surface area (Å²) >= 11 is 0. The molecule has 0 amide bonds. The molecule has 11 heavy (non-hydrogen) atoms. The average Bonchev–Trinajstić information content (AvgIpc) is 2.05. The average molecular weight is 151 g/mol. The van der Waals surface area contributed by atoms with Gasteiger partial charge in [-0.3, -0.25) is 0 Å². The SMILES string of the molecule is C=CC1(C(=O)O)C=CC=CN1. The summed E-state index contributed by atoms with van der Waals surface area (Å²) in [6.07, 6.45) is 7.88. The molecule has 0 saturated heterocycles. The Bertz CT molecular complexity index is 242. The molecular formula is C8H9NO2. The summed E-state index contributed by atoms with van der Waals surface area (Å²) in [7, 11) is 0. The number of nitrogens with one attached hydrogen (secondary N) is 1. The Kier molecular flexibility index (Phi) is 1.81. The van der Waals surface area contributed by atoms with Crippen molar-refractivity contribution in [1.29, 1.82) is 0 Å². The lowest BCUT2D eigenvalue weighted by atomic mass is 9.98. The van der Waals surface area contributed by atoms with Crippen LogP contribution in [0.2, 0.25) is 0 Å². The molecule has 0 bridgehead atoms. The largest absolute Gasteiger partial charge is 0.479 e. The second-order valence-corrected chi connectivity index (χ2v) is 2.24. The van der Waals surface area contributed by atoms with Gasteiger partial charge >= 0.3 is 5.97 Å². The summed E-state index contributed by atoms with van der Waals surface area (Å²) in [4.78, 5) is 10.7. The van der Waals surface area contributed by atoms with Crippen molar-refractivity contribution in [2.24, 2.45) is 0 Å². The Morgan fingerprint density at radius 3 is 2.64 bits per heavy atom. The van der Waals surface area contributed by atoms with Crippen molar-refractivity contribution in [1.82, 2.24) is 5.32 Å². The molecule has 1 rings (SSSR count). The van der Waals surface area contributed by atoms with Crippen LogP contribution >= 0.6 is 0 Å². The van der Waals surface area contributed by atoms with Gasteiger partial charge in [0, 0.05) is 0 Å². The molecule has 0 fully saturated rings. The van der Waals surface area contributed by atoms with E-state index in [1.54, 1.807) is 24.4 Å². The van der Waals surface area contributed by atoms with E-state index in [-0.39, 0.29) is 0 Å². The second kappa shape index (κ2) is 2.62. The van der Waals surface area contributed by atoms with E-state index in [1.165, 1.54) is 6.08 Å². The van der Waals surface area contributed by atoms with Crippen molar-refractivity contribution in [2.45, 2.75) is 5.54 Å². The third-order valence-electron chi connectivity index (χ3n) is 1.56. The van der Waals surface area contributed by atoms with Gasteiger partial charge in [-0.05, 0) is 18.4 Å².